The molecule has 17 heavy (non-hydrogen) atoms. The van der Waals surface area contributed by atoms with E-state index in [-0.39, 0.29) is 25.4 Å². The highest BCUT2D eigenvalue weighted by Crippen LogP contribution is 2.18. The smallest absolute Gasteiger partial charge is 0.326 e. The summed E-state index contributed by atoms with van der Waals surface area (Å²) >= 11 is 0. The second-order valence-electron chi connectivity index (χ2n) is 3.89. The molecule has 0 aromatic carbocycles. The van der Waals surface area contributed by atoms with Gasteiger partial charge >= 0.3 is 5.97 Å². The summed E-state index contributed by atoms with van der Waals surface area (Å²) < 4.78 is 1.31. The van der Waals surface area contributed by atoms with E-state index in [4.69, 9.17) is 5.11 Å². The van der Waals surface area contributed by atoms with Gasteiger partial charge in [-0.05, 0) is 0 Å². The van der Waals surface area contributed by atoms with E-state index in [0.717, 1.165) is 4.90 Å². The lowest BCUT2D eigenvalue weighted by atomic mass is 10.2. The highest BCUT2D eigenvalue weighted by Gasteiger charge is 2.38. The standard InChI is InChI=1S/C9H12N4O4/c14-6-3-7(9(16)17)13(4-6)8(15)5-12-2-1-10-11-12/h1-2,6-7,14H,3-5H2,(H,16,17). The molecule has 1 fully saturated rings. The number of carboxylic acids is 1. The highest BCUT2D eigenvalue weighted by atomic mass is 16.4. The van der Waals surface area contributed by atoms with Gasteiger partial charge in [-0.1, -0.05) is 5.21 Å². The van der Waals surface area contributed by atoms with Crippen molar-refractivity contribution in [3.63, 3.8) is 0 Å². The van der Waals surface area contributed by atoms with Crippen LogP contribution < -0.4 is 0 Å². The van der Waals surface area contributed by atoms with E-state index >= 15 is 0 Å². The van der Waals surface area contributed by atoms with Crippen molar-refractivity contribution in [1.29, 1.82) is 0 Å². The lowest BCUT2D eigenvalue weighted by Crippen LogP contribution is -2.42. The molecule has 0 spiro atoms. The van der Waals surface area contributed by atoms with Crippen LogP contribution in [0.5, 0.6) is 0 Å². The molecule has 2 N–H and O–H groups in total. The van der Waals surface area contributed by atoms with E-state index in [1.807, 2.05) is 0 Å². The summed E-state index contributed by atoms with van der Waals surface area (Å²) in [5.41, 5.74) is 0. The maximum absolute atomic E-state index is 11.8. The first-order chi connectivity index (χ1) is 8.08. The summed E-state index contributed by atoms with van der Waals surface area (Å²) in [6, 6.07) is -0.957. The van der Waals surface area contributed by atoms with E-state index in [1.165, 1.54) is 17.1 Å². The normalized spacial score (nSPS) is 23.9. The maximum Gasteiger partial charge on any atom is 0.326 e. The van der Waals surface area contributed by atoms with Crippen LogP contribution in [0, 0.1) is 0 Å². The summed E-state index contributed by atoms with van der Waals surface area (Å²) in [4.78, 5) is 23.9. The molecule has 1 aromatic rings. The molecule has 1 aliphatic heterocycles. The van der Waals surface area contributed by atoms with E-state index in [9.17, 15) is 14.7 Å². The Bertz CT molecular complexity index is 419. The van der Waals surface area contributed by atoms with Crippen molar-refractivity contribution in [2.24, 2.45) is 0 Å². The number of carbonyl (C=O) groups excluding carboxylic acids is 1. The van der Waals surface area contributed by atoms with Gasteiger partial charge in [0.15, 0.2) is 0 Å². The Morgan fingerprint density at radius 3 is 2.82 bits per heavy atom. The Balaban J connectivity index is 2.05. The average Bonchev–Trinajstić information content (AvgIpc) is 2.86. The second-order valence-corrected chi connectivity index (χ2v) is 3.89. The number of β-amino-alcohol motifs (C(OH)–C–C–N with tert-alkyl or cyclic N) is 1. The molecule has 1 aliphatic rings. The highest BCUT2D eigenvalue weighted by molar-refractivity contribution is 5.84. The molecule has 1 aromatic heterocycles. The third-order valence-electron chi connectivity index (χ3n) is 2.65. The van der Waals surface area contributed by atoms with Gasteiger partial charge in [0.2, 0.25) is 5.91 Å². The number of rotatable bonds is 3. The average molecular weight is 240 g/mol. The number of aliphatic carboxylic acids is 1. The predicted molar refractivity (Wildman–Crippen MR) is 53.8 cm³/mol. The summed E-state index contributed by atoms with van der Waals surface area (Å²) in [5.74, 6) is -1.49. The van der Waals surface area contributed by atoms with E-state index in [1.54, 1.807) is 0 Å². The summed E-state index contributed by atoms with van der Waals surface area (Å²) in [6.45, 7) is -0.0268. The number of carbonyl (C=O) groups is 2. The summed E-state index contributed by atoms with van der Waals surface area (Å²) in [5, 5.41) is 25.5. The van der Waals surface area contributed by atoms with Gasteiger partial charge in [-0.3, -0.25) is 4.79 Å². The Labute approximate surface area is 96.4 Å². The van der Waals surface area contributed by atoms with Crippen LogP contribution in [0.4, 0.5) is 0 Å². The fourth-order valence-electron chi connectivity index (χ4n) is 1.87. The second kappa shape index (κ2) is 4.50. The van der Waals surface area contributed by atoms with Crippen molar-refractivity contribution in [2.75, 3.05) is 6.54 Å². The van der Waals surface area contributed by atoms with Crippen molar-refractivity contribution < 1.29 is 19.8 Å². The van der Waals surface area contributed by atoms with Gasteiger partial charge in [-0.25, -0.2) is 9.48 Å². The van der Waals surface area contributed by atoms with Crippen LogP contribution in [0.15, 0.2) is 12.4 Å². The number of amides is 1. The number of aromatic nitrogens is 3. The molecule has 1 amide bonds. The van der Waals surface area contributed by atoms with Crippen molar-refractivity contribution in [3.8, 4) is 0 Å². The number of hydrogen-bond acceptors (Lipinski definition) is 5. The molecule has 8 nitrogen and oxygen atoms in total. The van der Waals surface area contributed by atoms with Crippen molar-refractivity contribution in [3.05, 3.63) is 12.4 Å². The summed E-state index contributed by atoms with van der Waals surface area (Å²) in [7, 11) is 0. The van der Waals surface area contributed by atoms with Crippen LogP contribution in [0.1, 0.15) is 6.42 Å². The van der Waals surface area contributed by atoms with Crippen LogP contribution in [0.25, 0.3) is 0 Å². The van der Waals surface area contributed by atoms with Crippen molar-refractivity contribution >= 4 is 11.9 Å². The zero-order valence-electron chi connectivity index (χ0n) is 8.93. The number of likely N-dealkylation sites (tertiary alicyclic amines) is 1. The zero-order chi connectivity index (χ0) is 12.4. The number of aliphatic hydroxyl groups excluding tert-OH is 1. The molecule has 2 atom stereocenters. The maximum atomic E-state index is 11.8. The van der Waals surface area contributed by atoms with Gasteiger partial charge in [0.25, 0.3) is 0 Å². The minimum atomic E-state index is -1.10. The zero-order valence-corrected chi connectivity index (χ0v) is 8.93. The Hall–Kier alpha value is -1.96. The molecule has 2 rings (SSSR count). The Kier molecular flexibility index (Phi) is 3.05. The molecule has 2 unspecified atom stereocenters. The van der Waals surface area contributed by atoms with Gasteiger partial charge in [0.1, 0.15) is 12.6 Å². The van der Waals surface area contributed by atoms with Crippen LogP contribution >= 0.6 is 0 Å². The fraction of sp³-hybridized carbons (Fsp3) is 0.556. The van der Waals surface area contributed by atoms with E-state index in [2.05, 4.69) is 10.3 Å². The van der Waals surface area contributed by atoms with Crippen LogP contribution in [0.3, 0.4) is 0 Å². The lowest BCUT2D eigenvalue weighted by Gasteiger charge is -2.20. The molecular formula is C9H12N4O4. The fourth-order valence-corrected chi connectivity index (χ4v) is 1.87. The minimum absolute atomic E-state index is 0.0461. The van der Waals surface area contributed by atoms with Crippen LogP contribution in [-0.2, 0) is 16.1 Å². The minimum Gasteiger partial charge on any atom is -0.480 e. The predicted octanol–water partition coefficient (Wildman–Crippen LogP) is -1.68. The van der Waals surface area contributed by atoms with Gasteiger partial charge in [-0.15, -0.1) is 5.10 Å². The largest absolute Gasteiger partial charge is 0.480 e. The molecule has 0 saturated carbocycles. The molecule has 1 saturated heterocycles. The number of aliphatic hydroxyl groups is 1. The number of hydrogen-bond donors (Lipinski definition) is 2. The first kappa shape index (κ1) is 11.5. The Morgan fingerprint density at radius 1 is 1.47 bits per heavy atom. The summed E-state index contributed by atoms with van der Waals surface area (Å²) in [6.07, 6.45) is 2.23. The quantitative estimate of drug-likeness (QED) is 0.653. The van der Waals surface area contributed by atoms with E-state index < -0.39 is 18.1 Å². The molecular weight excluding hydrogens is 228 g/mol. The van der Waals surface area contributed by atoms with Crippen LogP contribution in [-0.4, -0.2) is 60.7 Å². The van der Waals surface area contributed by atoms with Gasteiger partial charge in [-0.2, -0.15) is 0 Å². The van der Waals surface area contributed by atoms with Crippen molar-refractivity contribution in [1.82, 2.24) is 19.9 Å². The molecule has 8 heteroatoms. The Morgan fingerprint density at radius 2 is 2.24 bits per heavy atom. The topological polar surface area (TPSA) is 109 Å². The van der Waals surface area contributed by atoms with Crippen LogP contribution in [0.2, 0.25) is 0 Å². The molecule has 0 radical (unpaired) electrons. The molecule has 2 heterocycles. The molecule has 0 bridgehead atoms. The first-order valence-electron chi connectivity index (χ1n) is 5.12. The van der Waals surface area contributed by atoms with Gasteiger partial charge in [0.05, 0.1) is 12.3 Å². The SMILES string of the molecule is O=C(O)C1CC(O)CN1C(=O)Cn1ccnn1. The lowest BCUT2D eigenvalue weighted by molar-refractivity contribution is -0.148. The number of carboxylic acid groups (broad SMARTS) is 1. The third kappa shape index (κ3) is 2.41. The van der Waals surface area contributed by atoms with Gasteiger partial charge < -0.3 is 15.1 Å². The number of nitrogens with zero attached hydrogens (tertiary/aromatic N) is 4. The van der Waals surface area contributed by atoms with Gasteiger partial charge in [0, 0.05) is 19.2 Å². The molecule has 92 valence electrons. The van der Waals surface area contributed by atoms with E-state index in [0.29, 0.717) is 0 Å². The third-order valence-corrected chi connectivity index (χ3v) is 2.65. The monoisotopic (exact) mass is 240 g/mol. The van der Waals surface area contributed by atoms with Crippen molar-refractivity contribution in [2.45, 2.75) is 25.1 Å². The molecule has 0 aliphatic carbocycles. The first-order valence-corrected chi connectivity index (χ1v) is 5.12.